The highest BCUT2D eigenvalue weighted by Gasteiger charge is 2.42. The number of carbonyl (C=O) groups excluding carboxylic acids is 2. The Balaban J connectivity index is 1.81. The maximum absolute atomic E-state index is 13.6. The number of halogens is 1. The van der Waals surface area contributed by atoms with Crippen LogP contribution in [0.5, 0.6) is 0 Å². The van der Waals surface area contributed by atoms with E-state index in [9.17, 15) is 14.0 Å². The molecule has 5 heteroatoms. The number of hydrogen-bond donors (Lipinski definition) is 2. The van der Waals surface area contributed by atoms with Crippen molar-refractivity contribution in [2.75, 3.05) is 5.32 Å². The molecule has 2 N–H and O–H groups in total. The van der Waals surface area contributed by atoms with Crippen LogP contribution in [0.15, 0.2) is 71.1 Å². The Labute approximate surface area is 182 Å². The van der Waals surface area contributed by atoms with E-state index in [2.05, 4.69) is 24.5 Å². The van der Waals surface area contributed by atoms with Crippen LogP contribution in [-0.4, -0.2) is 11.7 Å². The number of hydrogen-bond acceptors (Lipinski definition) is 3. The minimum Gasteiger partial charge on any atom is -0.362 e. The number of dihydropyridines is 1. The molecule has 0 unspecified atom stereocenters. The van der Waals surface area contributed by atoms with E-state index >= 15 is 0 Å². The van der Waals surface area contributed by atoms with E-state index in [-0.39, 0.29) is 22.9 Å². The highest BCUT2D eigenvalue weighted by molar-refractivity contribution is 6.10. The van der Waals surface area contributed by atoms with Crippen LogP contribution in [0.2, 0.25) is 0 Å². The summed E-state index contributed by atoms with van der Waals surface area (Å²) in [5.74, 6) is -1.13. The Morgan fingerprint density at radius 3 is 2.42 bits per heavy atom. The first-order valence-electron chi connectivity index (χ1n) is 10.5. The van der Waals surface area contributed by atoms with Gasteiger partial charge in [-0.25, -0.2) is 4.39 Å². The van der Waals surface area contributed by atoms with Gasteiger partial charge in [0.05, 0.1) is 0 Å². The van der Waals surface area contributed by atoms with Gasteiger partial charge in [-0.2, -0.15) is 0 Å². The molecule has 2 aliphatic rings. The van der Waals surface area contributed by atoms with Gasteiger partial charge in [0.15, 0.2) is 5.78 Å². The predicted octanol–water partition coefficient (Wildman–Crippen LogP) is 5.38. The molecule has 160 valence electrons. The molecule has 2 aromatic rings. The first kappa shape index (κ1) is 21.0. The van der Waals surface area contributed by atoms with E-state index in [0.717, 1.165) is 28.9 Å². The van der Waals surface area contributed by atoms with E-state index in [4.69, 9.17) is 0 Å². The third-order valence-electron chi connectivity index (χ3n) is 6.08. The number of amides is 1. The summed E-state index contributed by atoms with van der Waals surface area (Å²) in [7, 11) is 0. The standard InChI is InChI=1S/C26H27FN2O2/c1-15-7-5-6-8-19(15)29-25(31)22-16(2)28-20-13-26(3,4)14-21(30)24(20)23(22)17-9-11-18(27)12-10-17/h5-12,23,28H,13-14H2,1-4H3,(H,29,31)/t23-/m1/s1. The Hall–Kier alpha value is -3.21. The Bertz CT molecular complexity index is 1130. The van der Waals surface area contributed by atoms with E-state index in [1.807, 2.05) is 38.1 Å². The molecule has 1 amide bonds. The quantitative estimate of drug-likeness (QED) is 0.704. The van der Waals surface area contributed by atoms with Gasteiger partial charge in [-0.05, 0) is 55.0 Å². The fraction of sp³-hybridized carbons (Fsp3) is 0.308. The number of rotatable bonds is 3. The van der Waals surface area contributed by atoms with Crippen molar-refractivity contribution < 1.29 is 14.0 Å². The van der Waals surface area contributed by atoms with Crippen molar-refractivity contribution in [1.82, 2.24) is 5.32 Å². The van der Waals surface area contributed by atoms with Crippen molar-refractivity contribution in [3.8, 4) is 0 Å². The number of nitrogens with one attached hydrogen (secondary N) is 2. The van der Waals surface area contributed by atoms with Crippen LogP contribution < -0.4 is 10.6 Å². The maximum Gasteiger partial charge on any atom is 0.254 e. The second-order valence-electron chi connectivity index (χ2n) is 9.25. The molecule has 0 saturated carbocycles. The maximum atomic E-state index is 13.6. The number of ketones is 1. The minimum absolute atomic E-state index is 0.0294. The van der Waals surface area contributed by atoms with Gasteiger partial charge in [0, 0.05) is 40.6 Å². The summed E-state index contributed by atoms with van der Waals surface area (Å²) in [5.41, 5.74) is 4.93. The molecular formula is C26H27FN2O2. The first-order valence-corrected chi connectivity index (χ1v) is 10.5. The Morgan fingerprint density at radius 1 is 1.06 bits per heavy atom. The molecule has 1 heterocycles. The number of allylic oxidation sites excluding steroid dienone is 3. The molecule has 2 aromatic carbocycles. The molecule has 4 nitrogen and oxygen atoms in total. The zero-order valence-electron chi connectivity index (χ0n) is 18.3. The summed E-state index contributed by atoms with van der Waals surface area (Å²) in [5, 5.41) is 6.35. The summed E-state index contributed by atoms with van der Waals surface area (Å²) in [6.45, 7) is 7.94. The van der Waals surface area contributed by atoms with Crippen LogP contribution >= 0.6 is 0 Å². The van der Waals surface area contributed by atoms with Gasteiger partial charge in [0.2, 0.25) is 0 Å². The van der Waals surface area contributed by atoms with Gasteiger partial charge in [-0.15, -0.1) is 0 Å². The van der Waals surface area contributed by atoms with Crippen molar-refractivity contribution >= 4 is 17.4 Å². The molecular weight excluding hydrogens is 391 g/mol. The summed E-state index contributed by atoms with van der Waals surface area (Å²) < 4.78 is 13.6. The molecule has 31 heavy (non-hydrogen) atoms. The zero-order valence-corrected chi connectivity index (χ0v) is 18.3. The lowest BCUT2D eigenvalue weighted by molar-refractivity contribution is -0.118. The zero-order chi connectivity index (χ0) is 22.3. The lowest BCUT2D eigenvalue weighted by atomic mass is 9.68. The smallest absolute Gasteiger partial charge is 0.254 e. The lowest BCUT2D eigenvalue weighted by Crippen LogP contribution is -2.39. The van der Waals surface area contributed by atoms with Gasteiger partial charge in [0.25, 0.3) is 5.91 Å². The number of benzene rings is 2. The van der Waals surface area contributed by atoms with Gasteiger partial charge in [-0.3, -0.25) is 9.59 Å². The molecule has 0 bridgehead atoms. The van der Waals surface area contributed by atoms with Gasteiger partial charge >= 0.3 is 0 Å². The topological polar surface area (TPSA) is 58.2 Å². The van der Waals surface area contributed by atoms with Gasteiger partial charge in [0.1, 0.15) is 5.82 Å². The number of Topliss-reactive ketones (excluding diaryl/α,β-unsaturated/α-hetero) is 1. The lowest BCUT2D eigenvalue weighted by Gasteiger charge is -2.39. The van der Waals surface area contributed by atoms with Crippen molar-refractivity contribution in [3.05, 3.63) is 88.0 Å². The molecule has 0 saturated heterocycles. The summed E-state index contributed by atoms with van der Waals surface area (Å²) >= 11 is 0. The SMILES string of the molecule is CC1=C(C(=O)Nc2ccccc2C)[C@@H](c2ccc(F)cc2)C2=C(CC(C)(C)CC2=O)N1. The largest absolute Gasteiger partial charge is 0.362 e. The molecule has 0 spiro atoms. The average Bonchev–Trinajstić information content (AvgIpc) is 2.68. The second kappa shape index (κ2) is 7.80. The van der Waals surface area contributed by atoms with Crippen LogP contribution in [0.3, 0.4) is 0 Å². The monoisotopic (exact) mass is 418 g/mol. The highest BCUT2D eigenvalue weighted by atomic mass is 19.1. The molecule has 0 fully saturated rings. The third kappa shape index (κ3) is 4.05. The molecule has 0 aromatic heterocycles. The molecule has 1 atom stereocenters. The Kier molecular flexibility index (Phi) is 5.29. The van der Waals surface area contributed by atoms with Crippen molar-refractivity contribution in [1.29, 1.82) is 0 Å². The van der Waals surface area contributed by atoms with Crippen LogP contribution in [0.1, 0.15) is 50.7 Å². The molecule has 4 rings (SSSR count). The third-order valence-corrected chi connectivity index (χ3v) is 6.08. The fourth-order valence-electron chi connectivity index (χ4n) is 4.63. The van der Waals surface area contributed by atoms with Crippen LogP contribution in [-0.2, 0) is 9.59 Å². The van der Waals surface area contributed by atoms with E-state index < -0.39 is 5.92 Å². The number of carbonyl (C=O) groups is 2. The van der Waals surface area contributed by atoms with Crippen molar-refractivity contribution in [2.45, 2.75) is 46.5 Å². The number of anilines is 1. The number of aryl methyl sites for hydroxylation is 1. The van der Waals surface area contributed by atoms with E-state index in [0.29, 0.717) is 23.3 Å². The van der Waals surface area contributed by atoms with Crippen molar-refractivity contribution in [3.63, 3.8) is 0 Å². The van der Waals surface area contributed by atoms with Crippen LogP contribution in [0.4, 0.5) is 10.1 Å². The minimum atomic E-state index is -0.538. The normalized spacial score (nSPS) is 20.3. The highest BCUT2D eigenvalue weighted by Crippen LogP contribution is 2.46. The molecule has 1 aliphatic carbocycles. The fourth-order valence-corrected chi connectivity index (χ4v) is 4.63. The number of para-hydroxylation sites is 1. The molecule has 0 radical (unpaired) electrons. The van der Waals surface area contributed by atoms with Gasteiger partial charge in [-0.1, -0.05) is 44.2 Å². The van der Waals surface area contributed by atoms with Crippen LogP contribution in [0.25, 0.3) is 0 Å². The average molecular weight is 419 g/mol. The molecule has 1 aliphatic heterocycles. The second-order valence-corrected chi connectivity index (χ2v) is 9.25. The summed E-state index contributed by atoms with van der Waals surface area (Å²) in [6, 6.07) is 13.6. The Morgan fingerprint density at radius 2 is 1.74 bits per heavy atom. The van der Waals surface area contributed by atoms with E-state index in [1.54, 1.807) is 12.1 Å². The predicted molar refractivity (Wildman–Crippen MR) is 120 cm³/mol. The van der Waals surface area contributed by atoms with E-state index in [1.165, 1.54) is 12.1 Å². The van der Waals surface area contributed by atoms with Crippen molar-refractivity contribution in [2.24, 2.45) is 5.41 Å². The van der Waals surface area contributed by atoms with Crippen LogP contribution in [0, 0.1) is 18.2 Å². The first-order chi connectivity index (χ1) is 14.7. The summed E-state index contributed by atoms with van der Waals surface area (Å²) in [6.07, 6.45) is 1.13. The summed E-state index contributed by atoms with van der Waals surface area (Å²) in [4.78, 5) is 26.7. The van der Waals surface area contributed by atoms with Gasteiger partial charge < -0.3 is 10.6 Å².